The Bertz CT molecular complexity index is 1260. The van der Waals surface area contributed by atoms with Crippen LogP contribution in [0.4, 0.5) is 0 Å². The molecule has 3 aromatic carbocycles. The fraction of sp³-hybridized carbons (Fsp3) is 0.375. The molecule has 3 heteroatoms. The number of rotatable bonds is 7. The first-order chi connectivity index (χ1) is 16.4. The lowest BCUT2D eigenvalue weighted by Crippen LogP contribution is -2.51. The zero-order valence-electron chi connectivity index (χ0n) is 23.0. The minimum Gasteiger partial charge on any atom is -0.489 e. The molecule has 0 N–H and O–H groups in total. The second kappa shape index (κ2) is 9.26. The van der Waals surface area contributed by atoms with E-state index in [1.807, 2.05) is 6.08 Å². The highest BCUT2D eigenvalue weighted by Crippen LogP contribution is 2.40. The maximum absolute atomic E-state index is 6.52. The number of fused-ring (bicyclic) bond motifs is 3. The van der Waals surface area contributed by atoms with Crippen LogP contribution >= 0.6 is 0 Å². The van der Waals surface area contributed by atoms with Gasteiger partial charge in [0.05, 0.1) is 16.1 Å². The minimum atomic E-state index is -1.83. The Morgan fingerprint density at radius 2 is 1.60 bits per heavy atom. The van der Waals surface area contributed by atoms with Gasteiger partial charge in [-0.05, 0) is 57.4 Å². The summed E-state index contributed by atoms with van der Waals surface area (Å²) in [6.45, 7) is 24.0. The van der Waals surface area contributed by atoms with E-state index in [0.717, 1.165) is 18.2 Å². The van der Waals surface area contributed by atoms with Crippen LogP contribution in [0.5, 0.6) is 5.75 Å². The van der Waals surface area contributed by atoms with Gasteiger partial charge in [-0.25, -0.2) is 0 Å². The minimum absolute atomic E-state index is 0.239. The molecule has 0 fully saturated rings. The highest BCUT2D eigenvalue weighted by atomic mass is 28.3. The molecule has 1 nitrogen and oxygen atoms in total. The van der Waals surface area contributed by atoms with Gasteiger partial charge < -0.3 is 4.74 Å². The highest BCUT2D eigenvalue weighted by Gasteiger charge is 2.40. The summed E-state index contributed by atoms with van der Waals surface area (Å²) < 4.78 is 6.52. The third-order valence-electron chi connectivity index (χ3n) is 8.42. The van der Waals surface area contributed by atoms with Gasteiger partial charge in [0, 0.05) is 0 Å². The van der Waals surface area contributed by atoms with Crippen molar-refractivity contribution in [3.8, 4) is 16.9 Å². The zero-order valence-corrected chi connectivity index (χ0v) is 25.0. The van der Waals surface area contributed by atoms with Crippen LogP contribution in [0.15, 0.2) is 67.3 Å². The van der Waals surface area contributed by atoms with Crippen LogP contribution in [0.1, 0.15) is 43.0 Å². The van der Waals surface area contributed by atoms with Crippen molar-refractivity contribution in [2.24, 2.45) is 0 Å². The van der Waals surface area contributed by atoms with Crippen molar-refractivity contribution in [3.63, 3.8) is 0 Å². The molecule has 0 bridgehead atoms. The molecular weight excluding hydrogens is 457 g/mol. The monoisotopic (exact) mass is 498 g/mol. The predicted molar refractivity (Wildman–Crippen MR) is 159 cm³/mol. The maximum Gasteiger partial charge on any atom is 0.121 e. The van der Waals surface area contributed by atoms with E-state index in [1.54, 1.807) is 10.8 Å². The molecule has 35 heavy (non-hydrogen) atoms. The second-order valence-electron chi connectivity index (χ2n) is 12.5. The highest BCUT2D eigenvalue weighted by molar-refractivity contribution is 6.93. The van der Waals surface area contributed by atoms with Crippen LogP contribution in [0.2, 0.25) is 31.2 Å². The fourth-order valence-electron chi connectivity index (χ4n) is 5.52. The van der Waals surface area contributed by atoms with Crippen LogP contribution in [0.3, 0.4) is 0 Å². The molecule has 0 unspecified atom stereocenters. The second-order valence-corrected chi connectivity index (χ2v) is 22.5. The van der Waals surface area contributed by atoms with Crippen LogP contribution in [0.25, 0.3) is 11.1 Å². The number of hydrogen-bond acceptors (Lipinski definition) is 1. The summed E-state index contributed by atoms with van der Waals surface area (Å²) in [7, 11) is -3.62. The van der Waals surface area contributed by atoms with E-state index in [9.17, 15) is 0 Å². The molecule has 0 spiro atoms. The third kappa shape index (κ3) is 4.73. The molecule has 184 valence electrons. The van der Waals surface area contributed by atoms with Crippen LogP contribution < -0.4 is 15.1 Å². The van der Waals surface area contributed by atoms with Crippen LogP contribution in [-0.2, 0) is 12.5 Å². The first-order valence-corrected chi connectivity index (χ1v) is 19.2. The summed E-state index contributed by atoms with van der Waals surface area (Å²) in [5.41, 5.74) is 8.60. The molecule has 4 rings (SSSR count). The van der Waals surface area contributed by atoms with Crippen molar-refractivity contribution in [2.75, 3.05) is 6.61 Å². The summed E-state index contributed by atoms with van der Waals surface area (Å²) in [4.78, 5) is 0. The van der Waals surface area contributed by atoms with E-state index in [2.05, 4.69) is 115 Å². The molecule has 3 aromatic rings. The molecule has 0 amide bonds. The smallest absolute Gasteiger partial charge is 0.121 e. The molecule has 1 aliphatic rings. The largest absolute Gasteiger partial charge is 0.489 e. The Labute approximate surface area is 215 Å². The lowest BCUT2D eigenvalue weighted by molar-refractivity contribution is 0.362. The van der Waals surface area contributed by atoms with Crippen LogP contribution in [0, 0.1) is 6.92 Å². The molecule has 1 aliphatic carbocycles. The lowest BCUT2D eigenvalue weighted by atomic mass is 10.1. The van der Waals surface area contributed by atoms with E-state index in [1.165, 1.54) is 33.0 Å². The number of aryl methyl sites for hydroxylation is 1. The number of ether oxygens (including phenoxy) is 1. The van der Waals surface area contributed by atoms with Gasteiger partial charge in [0.15, 0.2) is 0 Å². The van der Waals surface area contributed by atoms with Gasteiger partial charge in [-0.3, -0.25) is 0 Å². The summed E-state index contributed by atoms with van der Waals surface area (Å²) >= 11 is 0. The standard InChI is InChI=1S/C32H42OSi2/c1-10-18-33-31-25(19-23(2)20-30(31)35(8,9)32(3,4)5)22-34(6,7)29-17-13-16-27-26-15-12-11-14-24(26)21-28(27)29/h10-17,19-20H,1,18,21-22H2,2-9H3. The Kier molecular flexibility index (Phi) is 6.80. The summed E-state index contributed by atoms with van der Waals surface area (Å²) in [5.74, 6) is 1.14. The molecular formula is C32H42OSi2. The first kappa shape index (κ1) is 25.7. The van der Waals surface area contributed by atoms with E-state index in [4.69, 9.17) is 4.74 Å². The Balaban J connectivity index is 1.81. The first-order valence-electron chi connectivity index (χ1n) is 12.9. The number of benzene rings is 3. The van der Waals surface area contributed by atoms with Crippen molar-refractivity contribution >= 4 is 26.5 Å². The van der Waals surface area contributed by atoms with E-state index >= 15 is 0 Å². The van der Waals surface area contributed by atoms with Crippen LogP contribution in [-0.4, -0.2) is 22.8 Å². The lowest BCUT2D eigenvalue weighted by Gasteiger charge is -2.39. The summed E-state index contributed by atoms with van der Waals surface area (Å²) in [6, 6.07) is 21.8. The predicted octanol–water partition coefficient (Wildman–Crippen LogP) is 7.54. The zero-order chi connectivity index (χ0) is 25.6. The van der Waals surface area contributed by atoms with Gasteiger partial charge in [-0.1, -0.05) is 125 Å². The van der Waals surface area contributed by atoms with Gasteiger partial charge in [-0.2, -0.15) is 0 Å². The van der Waals surface area contributed by atoms with Crippen molar-refractivity contribution in [3.05, 3.63) is 89.5 Å². The summed E-state index contributed by atoms with van der Waals surface area (Å²) in [6.07, 6.45) is 2.93. The average Bonchev–Trinajstić information content (AvgIpc) is 3.15. The van der Waals surface area contributed by atoms with Gasteiger partial charge in [-0.15, -0.1) is 0 Å². The fourth-order valence-corrected chi connectivity index (χ4v) is 10.7. The third-order valence-corrected chi connectivity index (χ3v) is 17.1. The molecule has 0 saturated carbocycles. The van der Waals surface area contributed by atoms with E-state index in [-0.39, 0.29) is 5.04 Å². The van der Waals surface area contributed by atoms with Crippen molar-refractivity contribution in [2.45, 2.75) is 71.4 Å². The molecule has 0 atom stereocenters. The molecule has 0 saturated heterocycles. The molecule has 0 aromatic heterocycles. The van der Waals surface area contributed by atoms with Crippen molar-refractivity contribution in [1.82, 2.24) is 0 Å². The maximum atomic E-state index is 6.52. The van der Waals surface area contributed by atoms with E-state index < -0.39 is 16.1 Å². The molecule has 0 heterocycles. The number of hydrogen-bond donors (Lipinski definition) is 0. The average molecular weight is 499 g/mol. The SMILES string of the molecule is C=CCOc1c(C[Si](C)(C)c2cccc3c2Cc2ccccc2-3)cc(C)cc1[Si](C)(C)C(C)(C)C. The molecule has 0 radical (unpaired) electrons. The van der Waals surface area contributed by atoms with Gasteiger partial charge >= 0.3 is 0 Å². The van der Waals surface area contributed by atoms with E-state index in [0.29, 0.717) is 6.61 Å². The van der Waals surface area contributed by atoms with Gasteiger partial charge in [0.2, 0.25) is 0 Å². The van der Waals surface area contributed by atoms with Crippen molar-refractivity contribution in [1.29, 1.82) is 0 Å². The van der Waals surface area contributed by atoms with Gasteiger partial charge in [0.25, 0.3) is 0 Å². The normalized spacial score (nSPS) is 13.4. The summed E-state index contributed by atoms with van der Waals surface area (Å²) in [5, 5.41) is 3.29. The van der Waals surface area contributed by atoms with Gasteiger partial charge in [0.1, 0.15) is 12.4 Å². The topological polar surface area (TPSA) is 9.23 Å². The quantitative estimate of drug-likeness (QED) is 0.189. The Hall–Kier alpha value is -2.37. The Morgan fingerprint density at radius 1 is 0.914 bits per heavy atom. The van der Waals surface area contributed by atoms with Crippen molar-refractivity contribution < 1.29 is 4.74 Å². The Morgan fingerprint density at radius 3 is 2.29 bits per heavy atom. The molecule has 0 aliphatic heterocycles.